The lowest BCUT2D eigenvalue weighted by Crippen LogP contribution is -2.33. The molecular formula is C14H24BrN3O2S. The van der Waals surface area contributed by atoms with Gasteiger partial charge in [0.15, 0.2) is 0 Å². The fourth-order valence-electron chi connectivity index (χ4n) is 2.03. The molecule has 0 bridgehead atoms. The van der Waals surface area contributed by atoms with Crippen molar-refractivity contribution in [2.24, 2.45) is 5.73 Å². The second-order valence-electron chi connectivity index (χ2n) is 5.12. The highest BCUT2D eigenvalue weighted by molar-refractivity contribution is 9.10. The average molecular weight is 378 g/mol. The Bertz CT molecular complexity index is 561. The predicted molar refractivity (Wildman–Crippen MR) is 89.6 cm³/mol. The summed E-state index contributed by atoms with van der Waals surface area (Å²) in [7, 11) is 0.481. The van der Waals surface area contributed by atoms with Gasteiger partial charge in [-0.3, -0.25) is 0 Å². The largest absolute Gasteiger partial charge is 0.326 e. The number of rotatable bonds is 8. The molecular weight excluding hydrogens is 354 g/mol. The molecule has 0 aliphatic carbocycles. The van der Waals surface area contributed by atoms with E-state index in [1.165, 1.54) is 4.31 Å². The lowest BCUT2D eigenvalue weighted by molar-refractivity contribution is 0.356. The van der Waals surface area contributed by atoms with Crippen molar-refractivity contribution >= 4 is 26.0 Å². The third-order valence-corrected chi connectivity index (χ3v) is 6.17. The van der Waals surface area contributed by atoms with E-state index in [9.17, 15) is 8.42 Å². The van der Waals surface area contributed by atoms with Crippen LogP contribution in [0.15, 0.2) is 27.6 Å². The van der Waals surface area contributed by atoms with Crippen molar-refractivity contribution in [1.82, 2.24) is 9.21 Å². The van der Waals surface area contributed by atoms with Gasteiger partial charge in [0.1, 0.15) is 0 Å². The van der Waals surface area contributed by atoms with Gasteiger partial charge in [-0.15, -0.1) is 0 Å². The maximum atomic E-state index is 12.7. The number of sulfonamides is 1. The van der Waals surface area contributed by atoms with Gasteiger partial charge in [-0.05, 0) is 60.7 Å². The first kappa shape index (κ1) is 18.6. The van der Waals surface area contributed by atoms with Crippen LogP contribution in [0.1, 0.15) is 18.9 Å². The van der Waals surface area contributed by atoms with Crippen LogP contribution >= 0.6 is 15.9 Å². The average Bonchev–Trinajstić information content (AvgIpc) is 2.42. The number of nitrogens with zero attached hydrogens (tertiary/aromatic N) is 2. The Morgan fingerprint density at radius 3 is 2.38 bits per heavy atom. The molecule has 0 radical (unpaired) electrons. The van der Waals surface area contributed by atoms with E-state index in [2.05, 4.69) is 15.9 Å². The van der Waals surface area contributed by atoms with E-state index in [4.69, 9.17) is 5.73 Å². The molecule has 0 aromatic heterocycles. The van der Waals surface area contributed by atoms with Crippen molar-refractivity contribution < 1.29 is 8.42 Å². The molecule has 0 saturated heterocycles. The van der Waals surface area contributed by atoms with Gasteiger partial charge in [-0.1, -0.05) is 13.0 Å². The zero-order valence-electron chi connectivity index (χ0n) is 12.8. The first-order valence-corrected chi connectivity index (χ1v) is 9.19. The topological polar surface area (TPSA) is 66.6 Å². The number of nitrogens with two attached hydrogens (primary N) is 1. The molecule has 120 valence electrons. The lowest BCUT2D eigenvalue weighted by Gasteiger charge is -2.22. The summed E-state index contributed by atoms with van der Waals surface area (Å²) in [5.74, 6) is 0. The number of halogens is 1. The van der Waals surface area contributed by atoms with E-state index in [-0.39, 0.29) is 0 Å². The summed E-state index contributed by atoms with van der Waals surface area (Å²) in [6.45, 7) is 4.08. The van der Waals surface area contributed by atoms with Crippen LogP contribution in [-0.4, -0.2) is 51.4 Å². The fourth-order valence-corrected chi connectivity index (χ4v) is 4.60. The van der Waals surface area contributed by atoms with Crippen LogP contribution < -0.4 is 5.73 Å². The Balaban J connectivity index is 2.96. The standard InChI is InChI=1S/C14H24BrN3O2S/c1-4-18(9-5-8-17(2)3)21(19,20)14-7-6-12(11-16)10-13(14)15/h6-7,10H,4-5,8-9,11,16H2,1-3H3. The minimum absolute atomic E-state index is 0.298. The number of benzene rings is 1. The normalized spacial score (nSPS) is 12.3. The van der Waals surface area contributed by atoms with E-state index in [1.807, 2.05) is 25.9 Å². The van der Waals surface area contributed by atoms with Crippen LogP contribution in [0.3, 0.4) is 0 Å². The quantitative estimate of drug-likeness (QED) is 0.750. The molecule has 0 saturated carbocycles. The highest BCUT2D eigenvalue weighted by atomic mass is 79.9. The lowest BCUT2D eigenvalue weighted by atomic mass is 10.2. The van der Waals surface area contributed by atoms with Crippen LogP contribution in [0.4, 0.5) is 0 Å². The van der Waals surface area contributed by atoms with Gasteiger partial charge in [0, 0.05) is 24.1 Å². The van der Waals surface area contributed by atoms with Gasteiger partial charge in [0.05, 0.1) is 4.90 Å². The van der Waals surface area contributed by atoms with Crippen molar-refractivity contribution in [1.29, 1.82) is 0 Å². The van der Waals surface area contributed by atoms with Gasteiger partial charge in [0.2, 0.25) is 10.0 Å². The molecule has 7 heteroatoms. The van der Waals surface area contributed by atoms with E-state index in [0.29, 0.717) is 29.0 Å². The van der Waals surface area contributed by atoms with Gasteiger partial charge < -0.3 is 10.6 Å². The van der Waals surface area contributed by atoms with Crippen molar-refractivity contribution in [3.63, 3.8) is 0 Å². The van der Waals surface area contributed by atoms with E-state index in [1.54, 1.807) is 18.2 Å². The summed E-state index contributed by atoms with van der Waals surface area (Å²) >= 11 is 3.34. The Hall–Kier alpha value is -0.470. The van der Waals surface area contributed by atoms with Gasteiger partial charge in [0.25, 0.3) is 0 Å². The van der Waals surface area contributed by atoms with E-state index < -0.39 is 10.0 Å². The van der Waals surface area contributed by atoms with Crippen molar-refractivity contribution in [2.45, 2.75) is 24.8 Å². The van der Waals surface area contributed by atoms with Crippen molar-refractivity contribution in [3.05, 3.63) is 28.2 Å². The SMILES string of the molecule is CCN(CCCN(C)C)S(=O)(=O)c1ccc(CN)cc1Br. The number of hydrogen-bond acceptors (Lipinski definition) is 4. The highest BCUT2D eigenvalue weighted by Gasteiger charge is 2.25. The molecule has 1 rings (SSSR count). The molecule has 1 aromatic rings. The molecule has 0 aliphatic heterocycles. The maximum Gasteiger partial charge on any atom is 0.244 e. The van der Waals surface area contributed by atoms with Crippen molar-refractivity contribution in [2.75, 3.05) is 33.7 Å². The van der Waals surface area contributed by atoms with Crippen molar-refractivity contribution in [3.8, 4) is 0 Å². The zero-order chi connectivity index (χ0) is 16.0. The zero-order valence-corrected chi connectivity index (χ0v) is 15.2. The van der Waals surface area contributed by atoms with Crippen LogP contribution in [0.2, 0.25) is 0 Å². The predicted octanol–water partition coefficient (Wildman–Crippen LogP) is 1.87. The van der Waals surface area contributed by atoms with E-state index >= 15 is 0 Å². The minimum Gasteiger partial charge on any atom is -0.326 e. The van der Waals surface area contributed by atoms with Gasteiger partial charge >= 0.3 is 0 Å². The first-order chi connectivity index (χ1) is 9.82. The molecule has 2 N–H and O–H groups in total. The summed E-state index contributed by atoms with van der Waals surface area (Å²) in [5.41, 5.74) is 6.47. The molecule has 0 aliphatic rings. The Morgan fingerprint density at radius 2 is 1.90 bits per heavy atom. The third-order valence-electron chi connectivity index (χ3n) is 3.22. The van der Waals surface area contributed by atoms with E-state index in [0.717, 1.165) is 18.5 Å². The molecule has 0 atom stereocenters. The van der Waals surface area contributed by atoms with Crippen LogP contribution in [0.5, 0.6) is 0 Å². The molecule has 0 unspecified atom stereocenters. The summed E-state index contributed by atoms with van der Waals surface area (Å²) in [6.07, 6.45) is 0.804. The Labute approximate surface area is 136 Å². The van der Waals surface area contributed by atoms with Crippen LogP contribution in [0, 0.1) is 0 Å². The molecule has 5 nitrogen and oxygen atoms in total. The summed E-state index contributed by atoms with van der Waals surface area (Å²) < 4.78 is 27.5. The smallest absolute Gasteiger partial charge is 0.244 e. The molecule has 1 aromatic carbocycles. The van der Waals surface area contributed by atoms with Gasteiger partial charge in [-0.25, -0.2) is 8.42 Å². The second kappa shape index (κ2) is 8.24. The summed E-state index contributed by atoms with van der Waals surface area (Å²) in [4.78, 5) is 2.35. The maximum absolute atomic E-state index is 12.7. The Morgan fingerprint density at radius 1 is 1.24 bits per heavy atom. The third kappa shape index (κ3) is 5.03. The first-order valence-electron chi connectivity index (χ1n) is 6.96. The molecule has 0 spiro atoms. The number of hydrogen-bond donors (Lipinski definition) is 1. The molecule has 21 heavy (non-hydrogen) atoms. The molecule has 0 amide bonds. The van der Waals surface area contributed by atoms with Gasteiger partial charge in [-0.2, -0.15) is 4.31 Å². The Kier molecular flexibility index (Phi) is 7.29. The van der Waals surface area contributed by atoms with Crippen LogP contribution in [-0.2, 0) is 16.6 Å². The summed E-state index contributed by atoms with van der Waals surface area (Å²) in [6, 6.07) is 5.14. The highest BCUT2D eigenvalue weighted by Crippen LogP contribution is 2.26. The second-order valence-corrected chi connectivity index (χ2v) is 7.88. The minimum atomic E-state index is -3.48. The summed E-state index contributed by atoms with van der Waals surface area (Å²) in [5, 5.41) is 0. The monoisotopic (exact) mass is 377 g/mol. The fraction of sp³-hybridized carbons (Fsp3) is 0.571. The van der Waals surface area contributed by atoms with Crippen LogP contribution in [0.25, 0.3) is 0 Å². The molecule has 0 heterocycles. The molecule has 0 fully saturated rings.